The summed E-state index contributed by atoms with van der Waals surface area (Å²) in [6.07, 6.45) is -1.01. The van der Waals surface area contributed by atoms with Gasteiger partial charge in [-0.3, -0.25) is 14.9 Å². The van der Waals surface area contributed by atoms with Crippen molar-refractivity contribution in [3.63, 3.8) is 0 Å². The molecule has 0 saturated carbocycles. The molecule has 1 aromatic carbocycles. The Morgan fingerprint density at radius 1 is 1.52 bits per heavy atom. The van der Waals surface area contributed by atoms with Crippen molar-refractivity contribution < 1.29 is 28.3 Å². The Labute approximate surface area is 118 Å². The summed E-state index contributed by atoms with van der Waals surface area (Å²) in [6.45, 7) is 2.68. The van der Waals surface area contributed by atoms with Gasteiger partial charge >= 0.3 is 11.7 Å². The molecule has 2 atom stereocenters. The number of carbonyl (C=O) groups is 1. The molecular weight excluding hydrogens is 290 g/mol. The molecule has 0 amide bonds. The van der Waals surface area contributed by atoms with Crippen LogP contribution in [0.4, 0.5) is 14.5 Å². The molecule has 1 rings (SSSR count). The summed E-state index contributed by atoms with van der Waals surface area (Å²) in [4.78, 5) is 20.2. The quantitative estimate of drug-likeness (QED) is 0.612. The minimum atomic E-state index is -1.60. The van der Waals surface area contributed by atoms with Crippen LogP contribution in [0.5, 0.6) is 5.75 Å². The van der Waals surface area contributed by atoms with E-state index in [-0.39, 0.29) is 6.42 Å². The summed E-state index contributed by atoms with van der Waals surface area (Å²) in [5, 5.41) is 19.3. The largest absolute Gasteiger partial charge is 0.487 e. The predicted octanol–water partition coefficient (Wildman–Crippen LogP) is 1.83. The number of benzene rings is 1. The summed E-state index contributed by atoms with van der Waals surface area (Å²) >= 11 is 0. The van der Waals surface area contributed by atoms with Crippen LogP contribution in [0.3, 0.4) is 0 Å². The third kappa shape index (κ3) is 4.09. The lowest BCUT2D eigenvalue weighted by atomic mass is 9.96. The number of hydrogen-bond acceptors (Lipinski definition) is 5. The number of ether oxygens (including phenoxy) is 1. The second kappa shape index (κ2) is 6.00. The van der Waals surface area contributed by atoms with Crippen molar-refractivity contribution in [3.05, 3.63) is 33.9 Å². The molecule has 0 heterocycles. The topological polar surface area (TPSA) is 116 Å². The smallest absolute Gasteiger partial charge is 0.323 e. The van der Waals surface area contributed by atoms with E-state index < -0.39 is 45.6 Å². The number of nitro benzene ring substituents is 1. The average molecular weight is 304 g/mol. The minimum Gasteiger partial charge on any atom is -0.487 e. The van der Waals surface area contributed by atoms with E-state index in [0.717, 1.165) is 0 Å². The highest BCUT2D eigenvalue weighted by atomic mass is 19.1. The summed E-state index contributed by atoms with van der Waals surface area (Å²) < 4.78 is 32.1. The second-order valence-electron chi connectivity index (χ2n) is 4.85. The van der Waals surface area contributed by atoms with Gasteiger partial charge in [0.15, 0.2) is 11.6 Å². The third-order valence-corrected chi connectivity index (χ3v) is 2.73. The van der Waals surface area contributed by atoms with Gasteiger partial charge in [0.2, 0.25) is 5.82 Å². The zero-order chi connectivity index (χ0) is 16.4. The number of carboxylic acids is 1. The molecule has 1 aromatic rings. The van der Waals surface area contributed by atoms with E-state index in [2.05, 4.69) is 0 Å². The number of aliphatic carboxylic acids is 1. The van der Waals surface area contributed by atoms with Gasteiger partial charge in [-0.1, -0.05) is 0 Å². The van der Waals surface area contributed by atoms with Gasteiger partial charge in [0.1, 0.15) is 5.54 Å². The van der Waals surface area contributed by atoms with Crippen LogP contribution in [0.25, 0.3) is 0 Å². The standard InChI is InChI=1S/C12H14F2N2O5/c1-6(5-12(2,15)11(17)18)21-10-4-7(13)9(16(19)20)3-8(10)14/h3-4,6H,5,15H2,1-2H3,(H,17,18). The molecule has 0 aliphatic carbocycles. The van der Waals surface area contributed by atoms with Crippen molar-refractivity contribution in [3.8, 4) is 5.75 Å². The van der Waals surface area contributed by atoms with E-state index in [4.69, 9.17) is 15.6 Å². The first kappa shape index (κ1) is 16.8. The lowest BCUT2D eigenvalue weighted by molar-refractivity contribution is -0.387. The van der Waals surface area contributed by atoms with Crippen molar-refractivity contribution >= 4 is 11.7 Å². The molecule has 0 fully saturated rings. The SMILES string of the molecule is CC(CC(C)(N)C(=O)O)Oc1cc(F)c([N+](=O)[O-])cc1F. The van der Waals surface area contributed by atoms with Crippen molar-refractivity contribution in [2.75, 3.05) is 0 Å². The Bertz CT molecular complexity index is 577. The van der Waals surface area contributed by atoms with E-state index in [9.17, 15) is 23.7 Å². The van der Waals surface area contributed by atoms with E-state index in [1.165, 1.54) is 13.8 Å². The van der Waals surface area contributed by atoms with Crippen molar-refractivity contribution in [1.29, 1.82) is 0 Å². The van der Waals surface area contributed by atoms with Crippen molar-refractivity contribution in [2.45, 2.75) is 31.9 Å². The lowest BCUT2D eigenvalue weighted by Gasteiger charge is -2.24. The Morgan fingerprint density at radius 3 is 2.57 bits per heavy atom. The number of nitrogens with two attached hydrogens (primary N) is 1. The highest BCUT2D eigenvalue weighted by Gasteiger charge is 2.31. The molecule has 21 heavy (non-hydrogen) atoms. The molecule has 116 valence electrons. The maximum atomic E-state index is 13.6. The van der Waals surface area contributed by atoms with Crippen molar-refractivity contribution in [2.24, 2.45) is 5.73 Å². The molecule has 0 radical (unpaired) electrons. The van der Waals surface area contributed by atoms with E-state index >= 15 is 0 Å². The van der Waals surface area contributed by atoms with E-state index in [1.54, 1.807) is 0 Å². The van der Waals surface area contributed by atoms with Crippen LogP contribution < -0.4 is 10.5 Å². The number of nitro groups is 1. The van der Waals surface area contributed by atoms with Gasteiger partial charge in [0, 0.05) is 12.5 Å². The van der Waals surface area contributed by atoms with Gasteiger partial charge in [-0.25, -0.2) is 4.39 Å². The lowest BCUT2D eigenvalue weighted by Crippen LogP contribution is -2.47. The first-order valence-electron chi connectivity index (χ1n) is 5.87. The van der Waals surface area contributed by atoms with Gasteiger partial charge in [-0.15, -0.1) is 0 Å². The van der Waals surface area contributed by atoms with Crippen LogP contribution in [0.15, 0.2) is 12.1 Å². The maximum Gasteiger partial charge on any atom is 0.323 e. The first-order chi connectivity index (χ1) is 9.54. The molecule has 0 saturated heterocycles. The Morgan fingerprint density at radius 2 is 2.10 bits per heavy atom. The molecule has 0 aromatic heterocycles. The Hall–Kier alpha value is -2.29. The zero-order valence-corrected chi connectivity index (χ0v) is 11.3. The number of carboxylic acid groups (broad SMARTS) is 1. The van der Waals surface area contributed by atoms with Crippen LogP contribution in [0.2, 0.25) is 0 Å². The Balaban J connectivity index is 2.91. The van der Waals surface area contributed by atoms with Gasteiger partial charge in [0.05, 0.1) is 17.1 Å². The normalized spacial score (nSPS) is 15.1. The fourth-order valence-electron chi connectivity index (χ4n) is 1.69. The van der Waals surface area contributed by atoms with E-state index in [1.807, 2.05) is 0 Å². The van der Waals surface area contributed by atoms with Gasteiger partial charge in [-0.05, 0) is 13.8 Å². The monoisotopic (exact) mass is 304 g/mol. The second-order valence-corrected chi connectivity index (χ2v) is 4.85. The molecule has 2 unspecified atom stereocenters. The highest BCUT2D eigenvalue weighted by molar-refractivity contribution is 5.77. The van der Waals surface area contributed by atoms with Gasteiger partial charge in [-0.2, -0.15) is 4.39 Å². The van der Waals surface area contributed by atoms with Crippen LogP contribution in [0.1, 0.15) is 20.3 Å². The molecular formula is C12H14F2N2O5. The number of hydrogen-bond donors (Lipinski definition) is 2. The van der Waals surface area contributed by atoms with Crippen LogP contribution in [-0.4, -0.2) is 27.6 Å². The van der Waals surface area contributed by atoms with Crippen molar-refractivity contribution in [1.82, 2.24) is 0 Å². The predicted molar refractivity (Wildman–Crippen MR) is 67.9 cm³/mol. The molecule has 9 heteroatoms. The molecule has 3 N–H and O–H groups in total. The molecule has 0 bridgehead atoms. The molecule has 0 spiro atoms. The highest BCUT2D eigenvalue weighted by Crippen LogP contribution is 2.28. The Kier molecular flexibility index (Phi) is 4.79. The van der Waals surface area contributed by atoms with E-state index in [0.29, 0.717) is 12.1 Å². The summed E-state index contributed by atoms with van der Waals surface area (Å²) in [5.41, 5.74) is 2.89. The summed E-state index contributed by atoms with van der Waals surface area (Å²) in [5.74, 6) is -4.19. The maximum absolute atomic E-state index is 13.6. The molecule has 0 aliphatic heterocycles. The number of halogens is 2. The van der Waals surface area contributed by atoms with Gasteiger partial charge < -0.3 is 15.6 Å². The fraction of sp³-hybridized carbons (Fsp3) is 0.417. The summed E-state index contributed by atoms with van der Waals surface area (Å²) in [6, 6.07) is 0.939. The first-order valence-corrected chi connectivity index (χ1v) is 5.87. The number of rotatable bonds is 6. The zero-order valence-electron chi connectivity index (χ0n) is 11.3. The number of nitrogens with zero attached hydrogens (tertiary/aromatic N) is 1. The van der Waals surface area contributed by atoms with Crippen LogP contribution in [-0.2, 0) is 4.79 Å². The van der Waals surface area contributed by atoms with Crippen LogP contribution >= 0.6 is 0 Å². The summed E-state index contributed by atoms with van der Waals surface area (Å²) in [7, 11) is 0. The van der Waals surface area contributed by atoms with Gasteiger partial charge in [0.25, 0.3) is 0 Å². The fourth-order valence-corrected chi connectivity index (χ4v) is 1.69. The molecule has 0 aliphatic rings. The minimum absolute atomic E-state index is 0.166. The third-order valence-electron chi connectivity index (χ3n) is 2.73. The van der Waals surface area contributed by atoms with Crippen LogP contribution in [0, 0.1) is 21.7 Å². The molecule has 7 nitrogen and oxygen atoms in total. The average Bonchev–Trinajstić information content (AvgIpc) is 2.31.